The Morgan fingerprint density at radius 1 is 1.20 bits per heavy atom. The summed E-state index contributed by atoms with van der Waals surface area (Å²) in [5.74, 6) is 0.623. The van der Waals surface area contributed by atoms with Gasteiger partial charge in [0.2, 0.25) is 0 Å². The number of carbonyl (C=O) groups is 1. The second-order valence-corrected chi connectivity index (χ2v) is 6.92. The molecule has 2 aliphatic carbocycles. The number of aromatic nitrogens is 2. The molecule has 2 aliphatic rings. The Hall–Kier alpha value is -2.56. The maximum absolute atomic E-state index is 13.7. The lowest BCUT2D eigenvalue weighted by atomic mass is 9.93. The van der Waals surface area contributed by atoms with E-state index in [1.807, 2.05) is 0 Å². The van der Waals surface area contributed by atoms with Crippen LogP contribution in [0.15, 0.2) is 42.2 Å². The maximum atomic E-state index is 13.7. The van der Waals surface area contributed by atoms with Crippen molar-refractivity contribution >= 4 is 17.3 Å². The monoisotopic (exact) mass is 337 g/mol. The van der Waals surface area contributed by atoms with E-state index < -0.39 is 11.7 Å². The molecule has 4 rings (SSSR count). The Kier molecular flexibility index (Phi) is 4.07. The quantitative estimate of drug-likeness (QED) is 0.899. The number of anilines is 1. The molecule has 25 heavy (non-hydrogen) atoms. The van der Waals surface area contributed by atoms with Crippen LogP contribution in [0.4, 0.5) is 10.2 Å². The molecule has 2 atom stereocenters. The Labute approximate surface area is 146 Å². The maximum Gasteiger partial charge on any atom is 0.259 e. The molecule has 128 valence electrons. The third-order valence-corrected chi connectivity index (χ3v) is 5.35. The molecule has 2 aromatic rings. The van der Waals surface area contributed by atoms with Crippen molar-refractivity contribution in [1.29, 1.82) is 0 Å². The molecule has 1 aromatic carbocycles. The van der Waals surface area contributed by atoms with E-state index in [2.05, 4.69) is 22.2 Å². The van der Waals surface area contributed by atoms with Crippen molar-refractivity contribution in [2.45, 2.75) is 32.6 Å². The fourth-order valence-electron chi connectivity index (χ4n) is 4.25. The zero-order chi connectivity index (χ0) is 17.4. The molecule has 1 saturated carbocycles. The number of allylic oxidation sites excluding steroid dienone is 2. The molecular weight excluding hydrogens is 317 g/mol. The first-order valence-electron chi connectivity index (χ1n) is 8.71. The molecule has 1 aromatic heterocycles. The Balaban J connectivity index is 1.52. The van der Waals surface area contributed by atoms with Crippen LogP contribution in [0, 0.1) is 17.7 Å². The normalized spacial score (nSPS) is 22.2. The van der Waals surface area contributed by atoms with Crippen molar-refractivity contribution < 1.29 is 9.18 Å². The van der Waals surface area contributed by atoms with Gasteiger partial charge in [0.1, 0.15) is 5.82 Å². The van der Waals surface area contributed by atoms with Crippen LogP contribution in [0.2, 0.25) is 0 Å². The van der Waals surface area contributed by atoms with Crippen LogP contribution >= 0.6 is 0 Å². The topological polar surface area (TPSA) is 54.9 Å². The molecule has 0 spiro atoms. The van der Waals surface area contributed by atoms with E-state index in [0.717, 1.165) is 18.0 Å². The van der Waals surface area contributed by atoms with Crippen molar-refractivity contribution in [2.75, 3.05) is 5.32 Å². The summed E-state index contributed by atoms with van der Waals surface area (Å²) < 4.78 is 13.7. The van der Waals surface area contributed by atoms with E-state index in [-0.39, 0.29) is 5.56 Å². The van der Waals surface area contributed by atoms with Gasteiger partial charge in [0.25, 0.3) is 5.91 Å². The van der Waals surface area contributed by atoms with Crippen molar-refractivity contribution in [2.24, 2.45) is 11.8 Å². The molecule has 0 aliphatic heterocycles. The van der Waals surface area contributed by atoms with Gasteiger partial charge in [0.15, 0.2) is 5.82 Å². The van der Waals surface area contributed by atoms with Gasteiger partial charge in [-0.3, -0.25) is 9.78 Å². The minimum atomic E-state index is -0.552. The fraction of sp³-hybridized carbons (Fsp3) is 0.350. The summed E-state index contributed by atoms with van der Waals surface area (Å²) in [4.78, 5) is 21.0. The van der Waals surface area contributed by atoms with Crippen molar-refractivity contribution in [3.8, 4) is 0 Å². The van der Waals surface area contributed by atoms with Gasteiger partial charge < -0.3 is 5.32 Å². The Bertz CT molecular complexity index is 844. The van der Waals surface area contributed by atoms with Gasteiger partial charge in [-0.2, -0.15) is 0 Å². The van der Waals surface area contributed by atoms with Crippen LogP contribution in [0.3, 0.4) is 0 Å². The number of carbonyl (C=O) groups excluding carboxylic acids is 1. The van der Waals surface area contributed by atoms with Crippen LogP contribution in [0.1, 0.15) is 48.7 Å². The Morgan fingerprint density at radius 3 is 2.80 bits per heavy atom. The zero-order valence-corrected chi connectivity index (χ0v) is 14.1. The molecule has 1 fully saturated rings. The second-order valence-electron chi connectivity index (χ2n) is 6.92. The number of nitrogens with one attached hydrogen (secondary N) is 1. The van der Waals surface area contributed by atoms with E-state index in [1.54, 1.807) is 24.5 Å². The van der Waals surface area contributed by atoms with Crippen LogP contribution < -0.4 is 5.32 Å². The van der Waals surface area contributed by atoms with Gasteiger partial charge in [0.05, 0.1) is 23.7 Å². The molecule has 4 nitrogen and oxygen atoms in total. The zero-order valence-electron chi connectivity index (χ0n) is 14.1. The second kappa shape index (κ2) is 6.39. The number of fused-ring (bicyclic) bond motifs is 1. The minimum absolute atomic E-state index is 0.00322. The van der Waals surface area contributed by atoms with E-state index in [4.69, 9.17) is 0 Å². The average Bonchev–Trinajstić information content (AvgIpc) is 3.16. The predicted octanol–water partition coefficient (Wildman–Crippen LogP) is 4.46. The highest BCUT2D eigenvalue weighted by atomic mass is 19.1. The molecule has 2 unspecified atom stereocenters. The lowest BCUT2D eigenvalue weighted by molar-refractivity contribution is 0.102. The van der Waals surface area contributed by atoms with Gasteiger partial charge in [-0.25, -0.2) is 9.37 Å². The van der Waals surface area contributed by atoms with Crippen LogP contribution in [-0.2, 0) is 0 Å². The number of nitrogens with zero attached hydrogens (tertiary/aromatic N) is 2. The summed E-state index contributed by atoms with van der Waals surface area (Å²) >= 11 is 0. The number of benzene rings is 1. The minimum Gasteiger partial charge on any atom is -0.305 e. The lowest BCUT2D eigenvalue weighted by Crippen LogP contribution is -2.15. The molecule has 1 N–H and O–H groups in total. The Morgan fingerprint density at radius 2 is 2.04 bits per heavy atom. The molecular formula is C20H20FN3O. The van der Waals surface area contributed by atoms with Gasteiger partial charge in [-0.15, -0.1) is 0 Å². The van der Waals surface area contributed by atoms with Crippen LogP contribution in [0.5, 0.6) is 0 Å². The van der Waals surface area contributed by atoms with Crippen molar-refractivity contribution in [3.63, 3.8) is 0 Å². The molecule has 0 saturated heterocycles. The number of halogens is 1. The van der Waals surface area contributed by atoms with E-state index in [1.165, 1.54) is 42.5 Å². The van der Waals surface area contributed by atoms with Crippen molar-refractivity contribution in [3.05, 3.63) is 59.3 Å². The van der Waals surface area contributed by atoms with Gasteiger partial charge in [0, 0.05) is 0 Å². The molecule has 0 radical (unpaired) electrons. The summed E-state index contributed by atoms with van der Waals surface area (Å²) in [5, 5.41) is 2.61. The molecule has 0 bridgehead atoms. The number of rotatable bonds is 3. The third-order valence-electron chi connectivity index (χ3n) is 5.35. The van der Waals surface area contributed by atoms with E-state index >= 15 is 0 Å². The number of hydrogen-bond acceptors (Lipinski definition) is 3. The third kappa shape index (κ3) is 2.95. The molecule has 5 heteroatoms. The summed E-state index contributed by atoms with van der Waals surface area (Å²) in [6.07, 6.45) is 8.25. The van der Waals surface area contributed by atoms with Gasteiger partial charge in [-0.1, -0.05) is 24.1 Å². The van der Waals surface area contributed by atoms with E-state index in [9.17, 15) is 9.18 Å². The first-order chi connectivity index (χ1) is 12.1. The largest absolute Gasteiger partial charge is 0.305 e. The molecule has 1 amide bonds. The SMILES string of the molecule is CC1=C(c2cnc(NC(=O)c3ccccc3F)cn2)C2CCCC2C1. The average molecular weight is 337 g/mol. The highest BCUT2D eigenvalue weighted by Gasteiger charge is 2.37. The summed E-state index contributed by atoms with van der Waals surface area (Å²) in [5.41, 5.74) is 3.64. The smallest absolute Gasteiger partial charge is 0.259 e. The fourth-order valence-corrected chi connectivity index (χ4v) is 4.25. The number of hydrogen-bond donors (Lipinski definition) is 1. The van der Waals surface area contributed by atoms with Gasteiger partial charge in [-0.05, 0) is 55.7 Å². The summed E-state index contributed by atoms with van der Waals surface area (Å²) in [7, 11) is 0. The van der Waals surface area contributed by atoms with Crippen LogP contribution in [0.25, 0.3) is 5.57 Å². The lowest BCUT2D eigenvalue weighted by Gasteiger charge is -2.14. The standard InChI is InChI=1S/C20H20FN3O/c1-12-9-13-5-4-7-14(13)19(12)17-10-23-18(11-22-17)24-20(25)15-6-2-3-8-16(15)21/h2-3,6,8,10-11,13-14H,4-5,7,9H2,1H3,(H,23,24,25). The highest BCUT2D eigenvalue weighted by molar-refractivity contribution is 6.03. The van der Waals surface area contributed by atoms with E-state index in [0.29, 0.717) is 11.7 Å². The highest BCUT2D eigenvalue weighted by Crippen LogP contribution is 2.50. The first kappa shape index (κ1) is 15.9. The number of amides is 1. The van der Waals surface area contributed by atoms with Crippen LogP contribution in [-0.4, -0.2) is 15.9 Å². The van der Waals surface area contributed by atoms with Crippen molar-refractivity contribution in [1.82, 2.24) is 9.97 Å². The predicted molar refractivity (Wildman–Crippen MR) is 94.4 cm³/mol. The van der Waals surface area contributed by atoms with Gasteiger partial charge >= 0.3 is 0 Å². The first-order valence-corrected chi connectivity index (χ1v) is 8.71. The molecule has 1 heterocycles. The summed E-state index contributed by atoms with van der Waals surface area (Å²) in [6, 6.07) is 5.88. The summed E-state index contributed by atoms with van der Waals surface area (Å²) in [6.45, 7) is 2.18.